The highest BCUT2D eigenvalue weighted by atomic mass is 16.5. The van der Waals surface area contributed by atoms with Crippen LogP contribution in [0.5, 0.6) is 0 Å². The molecule has 7 heteroatoms. The zero-order chi connectivity index (χ0) is 15.5. The molecule has 0 atom stereocenters. The second-order valence-electron chi connectivity index (χ2n) is 5.26. The average molecular weight is 302 g/mol. The summed E-state index contributed by atoms with van der Waals surface area (Å²) in [6.45, 7) is 2.00. The van der Waals surface area contributed by atoms with Crippen LogP contribution >= 0.6 is 0 Å². The van der Waals surface area contributed by atoms with Crippen molar-refractivity contribution in [2.45, 2.75) is 26.1 Å². The fraction of sp³-hybridized carbons (Fsp3) is 0.400. The normalized spacial score (nSPS) is 14.0. The van der Waals surface area contributed by atoms with Crippen LogP contribution in [0.3, 0.4) is 0 Å². The van der Waals surface area contributed by atoms with Crippen molar-refractivity contribution in [3.05, 3.63) is 47.3 Å². The topological polar surface area (TPSA) is 80.5 Å². The van der Waals surface area contributed by atoms with Crippen LogP contribution < -0.4 is 0 Å². The average Bonchev–Trinajstić information content (AvgIpc) is 2.92. The fourth-order valence-electron chi connectivity index (χ4n) is 2.74. The minimum absolute atomic E-state index is 0.357. The van der Waals surface area contributed by atoms with Crippen LogP contribution in [0.25, 0.3) is 0 Å². The first kappa shape index (κ1) is 14.5. The van der Waals surface area contributed by atoms with Crippen molar-refractivity contribution in [2.75, 3.05) is 13.7 Å². The second kappa shape index (κ2) is 6.15. The molecule has 0 aliphatic carbocycles. The predicted octanol–water partition coefficient (Wildman–Crippen LogP) is 1.51. The lowest BCUT2D eigenvalue weighted by molar-refractivity contribution is 0.139. The predicted molar refractivity (Wildman–Crippen MR) is 78.4 cm³/mol. The lowest BCUT2D eigenvalue weighted by Crippen LogP contribution is -2.35. The van der Waals surface area contributed by atoms with Crippen molar-refractivity contribution in [3.8, 4) is 0 Å². The summed E-state index contributed by atoms with van der Waals surface area (Å²) in [5.41, 5.74) is 3.94. The molecule has 0 unspecified atom stereocenters. The number of ether oxygens (including phenoxy) is 1. The number of rotatable bonds is 4. The summed E-state index contributed by atoms with van der Waals surface area (Å²) in [6.07, 6.45) is 3.32. The molecule has 1 N–H and O–H groups in total. The van der Waals surface area contributed by atoms with E-state index < -0.39 is 6.09 Å². The standard InChI is InChI=1S/C15H18N4O3/c1-22-9-13-11(3-2-5-16-13)7-19-10-17-12-8-18(15(20)21)6-4-14(12)19/h2-3,5,10H,4,6-9H2,1H3,(H,20,21). The molecule has 116 valence electrons. The number of carboxylic acid groups (broad SMARTS) is 1. The molecule has 22 heavy (non-hydrogen) atoms. The Kier molecular flexibility index (Phi) is 4.06. The van der Waals surface area contributed by atoms with Gasteiger partial charge in [-0.05, 0) is 11.6 Å². The van der Waals surface area contributed by atoms with Gasteiger partial charge in [-0.3, -0.25) is 4.98 Å². The number of hydrogen-bond donors (Lipinski definition) is 1. The molecule has 2 aromatic rings. The minimum Gasteiger partial charge on any atom is -0.465 e. The van der Waals surface area contributed by atoms with E-state index in [1.807, 2.05) is 12.1 Å². The molecule has 1 aliphatic heterocycles. The van der Waals surface area contributed by atoms with E-state index in [9.17, 15) is 4.79 Å². The summed E-state index contributed by atoms with van der Waals surface area (Å²) < 4.78 is 7.26. The summed E-state index contributed by atoms with van der Waals surface area (Å²) in [5.74, 6) is 0. The van der Waals surface area contributed by atoms with E-state index in [2.05, 4.69) is 14.5 Å². The van der Waals surface area contributed by atoms with Gasteiger partial charge in [0.15, 0.2) is 0 Å². The first-order valence-electron chi connectivity index (χ1n) is 7.11. The molecule has 0 spiro atoms. The smallest absolute Gasteiger partial charge is 0.407 e. The highest BCUT2D eigenvalue weighted by Crippen LogP contribution is 2.19. The minimum atomic E-state index is -0.894. The lowest BCUT2D eigenvalue weighted by atomic mass is 10.1. The number of aromatic nitrogens is 3. The summed E-state index contributed by atoms with van der Waals surface area (Å²) in [6, 6.07) is 3.93. The zero-order valence-electron chi connectivity index (χ0n) is 12.4. The monoisotopic (exact) mass is 302 g/mol. The molecule has 0 radical (unpaired) electrons. The molecule has 7 nitrogen and oxygen atoms in total. The number of nitrogens with zero attached hydrogens (tertiary/aromatic N) is 4. The molecule has 0 fully saturated rings. The Balaban J connectivity index is 1.82. The largest absolute Gasteiger partial charge is 0.465 e. The van der Waals surface area contributed by atoms with Crippen molar-refractivity contribution < 1.29 is 14.6 Å². The number of pyridine rings is 1. The SMILES string of the molecule is COCc1ncccc1Cn1cnc2c1CCN(C(=O)O)C2. The number of imidazole rings is 1. The highest BCUT2D eigenvalue weighted by molar-refractivity contribution is 5.65. The van der Waals surface area contributed by atoms with Gasteiger partial charge in [0.05, 0.1) is 37.4 Å². The van der Waals surface area contributed by atoms with Crippen LogP contribution in [0.1, 0.15) is 22.6 Å². The molecule has 2 aromatic heterocycles. The molecule has 3 rings (SSSR count). The maximum atomic E-state index is 11.0. The third-order valence-corrected chi connectivity index (χ3v) is 3.87. The molecule has 0 bridgehead atoms. The Hall–Kier alpha value is -2.41. The molecule has 3 heterocycles. The number of fused-ring (bicyclic) bond motifs is 1. The lowest BCUT2D eigenvalue weighted by Gasteiger charge is -2.24. The van der Waals surface area contributed by atoms with E-state index in [0.29, 0.717) is 32.7 Å². The maximum absolute atomic E-state index is 11.0. The quantitative estimate of drug-likeness (QED) is 0.926. The Bertz CT molecular complexity index is 683. The van der Waals surface area contributed by atoms with Gasteiger partial charge in [-0.1, -0.05) is 6.07 Å². The summed E-state index contributed by atoms with van der Waals surface area (Å²) in [4.78, 5) is 21.2. The molecule has 1 amide bonds. The third-order valence-electron chi connectivity index (χ3n) is 3.87. The molecular weight excluding hydrogens is 284 g/mol. The van der Waals surface area contributed by atoms with E-state index >= 15 is 0 Å². The summed E-state index contributed by atoms with van der Waals surface area (Å²) >= 11 is 0. The van der Waals surface area contributed by atoms with Crippen LogP contribution in [-0.2, 0) is 30.9 Å². The van der Waals surface area contributed by atoms with Crippen LogP contribution in [-0.4, -0.2) is 44.3 Å². The summed E-state index contributed by atoms with van der Waals surface area (Å²) in [5, 5.41) is 9.07. The van der Waals surface area contributed by atoms with Gasteiger partial charge in [0.2, 0.25) is 0 Å². The number of hydrogen-bond acceptors (Lipinski definition) is 4. The number of amides is 1. The first-order valence-corrected chi connectivity index (χ1v) is 7.11. The van der Waals surface area contributed by atoms with E-state index in [0.717, 1.165) is 22.6 Å². The van der Waals surface area contributed by atoms with Gasteiger partial charge in [-0.15, -0.1) is 0 Å². The molecule has 0 aromatic carbocycles. The second-order valence-corrected chi connectivity index (χ2v) is 5.26. The van der Waals surface area contributed by atoms with Crippen molar-refractivity contribution in [1.29, 1.82) is 0 Å². The van der Waals surface area contributed by atoms with Crippen LogP contribution in [0.4, 0.5) is 4.79 Å². The van der Waals surface area contributed by atoms with Gasteiger partial charge in [0.25, 0.3) is 0 Å². The van der Waals surface area contributed by atoms with Crippen LogP contribution in [0.2, 0.25) is 0 Å². The van der Waals surface area contributed by atoms with E-state index in [1.54, 1.807) is 19.6 Å². The van der Waals surface area contributed by atoms with Crippen molar-refractivity contribution in [3.63, 3.8) is 0 Å². The highest BCUT2D eigenvalue weighted by Gasteiger charge is 2.24. The Morgan fingerprint density at radius 3 is 3.09 bits per heavy atom. The molecular formula is C15H18N4O3. The van der Waals surface area contributed by atoms with Crippen LogP contribution in [0.15, 0.2) is 24.7 Å². The van der Waals surface area contributed by atoms with Gasteiger partial charge < -0.3 is 19.3 Å². The van der Waals surface area contributed by atoms with Crippen LogP contribution in [0, 0.1) is 0 Å². The van der Waals surface area contributed by atoms with Crippen molar-refractivity contribution in [2.24, 2.45) is 0 Å². The van der Waals surface area contributed by atoms with Gasteiger partial charge in [0, 0.05) is 32.0 Å². The summed E-state index contributed by atoms with van der Waals surface area (Å²) in [7, 11) is 1.65. The Labute approximate surface area is 128 Å². The van der Waals surface area contributed by atoms with Crippen molar-refractivity contribution in [1.82, 2.24) is 19.4 Å². The number of methoxy groups -OCH3 is 1. The Morgan fingerprint density at radius 1 is 1.45 bits per heavy atom. The van der Waals surface area contributed by atoms with Gasteiger partial charge in [0.1, 0.15) is 0 Å². The maximum Gasteiger partial charge on any atom is 0.407 e. The molecule has 0 saturated heterocycles. The number of carbonyl (C=O) groups is 1. The van der Waals surface area contributed by atoms with Gasteiger partial charge in [-0.25, -0.2) is 9.78 Å². The molecule has 1 aliphatic rings. The van der Waals surface area contributed by atoms with Gasteiger partial charge in [-0.2, -0.15) is 0 Å². The third kappa shape index (κ3) is 2.80. The van der Waals surface area contributed by atoms with E-state index in [4.69, 9.17) is 9.84 Å². The van der Waals surface area contributed by atoms with Gasteiger partial charge >= 0.3 is 6.09 Å². The first-order chi connectivity index (χ1) is 10.7. The molecule has 0 saturated carbocycles. The zero-order valence-corrected chi connectivity index (χ0v) is 12.4. The Morgan fingerprint density at radius 2 is 2.32 bits per heavy atom. The van der Waals surface area contributed by atoms with E-state index in [1.165, 1.54) is 4.90 Å². The van der Waals surface area contributed by atoms with E-state index in [-0.39, 0.29) is 0 Å². The van der Waals surface area contributed by atoms with Crippen molar-refractivity contribution >= 4 is 6.09 Å². The fourth-order valence-corrected chi connectivity index (χ4v) is 2.74.